The van der Waals surface area contributed by atoms with Crippen LogP contribution in [0.5, 0.6) is 5.75 Å². The molecule has 172 valence electrons. The lowest BCUT2D eigenvalue weighted by atomic mass is 10.2. The standard InChI is InChI=1S/C22H27N3O7/c26-18-11-17(13-24-5-7-25(8-6-24)22(28)19-4-2-10-30-19)31-14-20(18)32-15-21(27)23-12-16-3-1-9-29-16/h2,4,10-11,14,16H,1,3,5-9,12-13,15H2,(H,23,27)/t16-/m1/s1. The van der Waals surface area contributed by atoms with E-state index >= 15 is 0 Å². The van der Waals surface area contributed by atoms with E-state index in [1.807, 2.05) is 0 Å². The number of ether oxygens (including phenoxy) is 2. The van der Waals surface area contributed by atoms with Crippen LogP contribution in [0.15, 0.2) is 44.4 Å². The molecule has 0 bridgehead atoms. The second kappa shape index (κ2) is 10.5. The monoisotopic (exact) mass is 445 g/mol. The van der Waals surface area contributed by atoms with Crippen LogP contribution in [-0.2, 0) is 16.1 Å². The van der Waals surface area contributed by atoms with Crippen LogP contribution >= 0.6 is 0 Å². The Kier molecular flexibility index (Phi) is 7.23. The van der Waals surface area contributed by atoms with Gasteiger partial charge in [-0.2, -0.15) is 0 Å². The molecule has 2 aliphatic heterocycles. The molecule has 0 radical (unpaired) electrons. The van der Waals surface area contributed by atoms with Crippen molar-refractivity contribution < 1.29 is 27.9 Å². The molecule has 0 saturated carbocycles. The zero-order valence-corrected chi connectivity index (χ0v) is 17.8. The van der Waals surface area contributed by atoms with Gasteiger partial charge >= 0.3 is 0 Å². The number of piperazine rings is 1. The smallest absolute Gasteiger partial charge is 0.289 e. The van der Waals surface area contributed by atoms with Crippen molar-refractivity contribution in [1.29, 1.82) is 0 Å². The molecule has 0 aliphatic carbocycles. The van der Waals surface area contributed by atoms with E-state index in [1.54, 1.807) is 17.0 Å². The van der Waals surface area contributed by atoms with Gasteiger partial charge in [-0.25, -0.2) is 0 Å². The number of amides is 2. The lowest BCUT2D eigenvalue weighted by Crippen LogP contribution is -2.48. The van der Waals surface area contributed by atoms with Crippen LogP contribution in [0.2, 0.25) is 0 Å². The Balaban J connectivity index is 1.21. The van der Waals surface area contributed by atoms with Crippen LogP contribution in [-0.4, -0.2) is 73.7 Å². The third kappa shape index (κ3) is 5.77. The number of carbonyl (C=O) groups is 2. The highest BCUT2D eigenvalue weighted by molar-refractivity contribution is 5.91. The lowest BCUT2D eigenvalue weighted by molar-refractivity contribution is -0.123. The predicted octanol–water partition coefficient (Wildman–Crippen LogP) is 0.865. The van der Waals surface area contributed by atoms with Gasteiger partial charge in [-0.15, -0.1) is 0 Å². The first-order chi connectivity index (χ1) is 15.6. The molecule has 1 atom stereocenters. The van der Waals surface area contributed by atoms with Gasteiger partial charge in [0.1, 0.15) is 12.0 Å². The Morgan fingerprint density at radius 3 is 2.72 bits per heavy atom. The molecule has 32 heavy (non-hydrogen) atoms. The number of rotatable bonds is 8. The normalized spacial score (nSPS) is 19.1. The Hall–Kier alpha value is -3.11. The summed E-state index contributed by atoms with van der Waals surface area (Å²) in [6.07, 6.45) is 4.71. The Bertz CT molecular complexity index is 958. The van der Waals surface area contributed by atoms with E-state index in [0.717, 1.165) is 19.4 Å². The van der Waals surface area contributed by atoms with Crippen molar-refractivity contribution in [2.75, 3.05) is 45.9 Å². The average molecular weight is 445 g/mol. The number of hydrogen-bond acceptors (Lipinski definition) is 8. The molecular weight excluding hydrogens is 418 g/mol. The maximum absolute atomic E-state index is 12.3. The summed E-state index contributed by atoms with van der Waals surface area (Å²) in [6, 6.07) is 4.72. The highest BCUT2D eigenvalue weighted by Gasteiger charge is 2.24. The maximum atomic E-state index is 12.3. The van der Waals surface area contributed by atoms with E-state index in [2.05, 4.69) is 10.2 Å². The molecule has 10 nitrogen and oxygen atoms in total. The van der Waals surface area contributed by atoms with Crippen molar-refractivity contribution >= 4 is 11.8 Å². The molecule has 2 amide bonds. The number of nitrogens with zero attached hydrogens (tertiary/aromatic N) is 2. The van der Waals surface area contributed by atoms with E-state index in [0.29, 0.717) is 50.8 Å². The van der Waals surface area contributed by atoms with Gasteiger partial charge in [-0.1, -0.05) is 0 Å². The van der Waals surface area contributed by atoms with Gasteiger partial charge in [-0.3, -0.25) is 19.3 Å². The molecule has 2 aliphatic rings. The fraction of sp³-hybridized carbons (Fsp3) is 0.500. The predicted molar refractivity (Wildman–Crippen MR) is 112 cm³/mol. The van der Waals surface area contributed by atoms with Gasteiger partial charge in [0.05, 0.1) is 18.9 Å². The van der Waals surface area contributed by atoms with Gasteiger partial charge in [0.15, 0.2) is 12.4 Å². The SMILES string of the molecule is O=C(COc1coc(CN2CCN(C(=O)c3ccco3)CC2)cc1=O)NC[C@H]1CCCO1. The van der Waals surface area contributed by atoms with E-state index in [9.17, 15) is 14.4 Å². The van der Waals surface area contributed by atoms with E-state index in [-0.39, 0.29) is 35.7 Å². The molecule has 10 heteroatoms. The first kappa shape index (κ1) is 22.1. The molecule has 2 aromatic heterocycles. The highest BCUT2D eigenvalue weighted by Crippen LogP contribution is 2.13. The summed E-state index contributed by atoms with van der Waals surface area (Å²) < 4.78 is 21.5. The maximum Gasteiger partial charge on any atom is 0.289 e. The number of nitrogens with one attached hydrogen (secondary N) is 1. The molecule has 0 aromatic carbocycles. The minimum atomic E-state index is -0.343. The largest absolute Gasteiger partial charge is 0.477 e. The van der Waals surface area contributed by atoms with Crippen LogP contribution in [0.25, 0.3) is 0 Å². The summed E-state index contributed by atoms with van der Waals surface area (Å²) in [4.78, 5) is 40.4. The first-order valence-electron chi connectivity index (χ1n) is 10.8. The molecule has 2 saturated heterocycles. The van der Waals surface area contributed by atoms with Gasteiger partial charge < -0.3 is 28.5 Å². The average Bonchev–Trinajstić information content (AvgIpc) is 3.51. The molecule has 0 unspecified atom stereocenters. The minimum Gasteiger partial charge on any atom is -0.477 e. The van der Waals surface area contributed by atoms with Crippen molar-refractivity contribution in [2.24, 2.45) is 0 Å². The van der Waals surface area contributed by atoms with Crippen LogP contribution < -0.4 is 15.5 Å². The van der Waals surface area contributed by atoms with Gasteiger partial charge in [0.2, 0.25) is 11.2 Å². The third-order valence-corrected chi connectivity index (χ3v) is 5.53. The Morgan fingerprint density at radius 1 is 1.19 bits per heavy atom. The van der Waals surface area contributed by atoms with Gasteiger partial charge in [0, 0.05) is 45.4 Å². The minimum absolute atomic E-state index is 0.00474. The van der Waals surface area contributed by atoms with E-state index in [1.165, 1.54) is 18.6 Å². The third-order valence-electron chi connectivity index (χ3n) is 5.53. The number of hydrogen-bond donors (Lipinski definition) is 1. The summed E-state index contributed by atoms with van der Waals surface area (Å²) in [6.45, 7) is 3.78. The number of furan rings is 1. The summed E-state index contributed by atoms with van der Waals surface area (Å²) in [5.41, 5.74) is -0.343. The Labute approximate surface area is 185 Å². The molecule has 2 fully saturated rings. The molecule has 4 rings (SSSR count). The second-order valence-corrected chi connectivity index (χ2v) is 7.85. The molecule has 1 N–H and O–H groups in total. The summed E-state index contributed by atoms with van der Waals surface area (Å²) >= 11 is 0. The summed E-state index contributed by atoms with van der Waals surface area (Å²) in [7, 11) is 0. The van der Waals surface area contributed by atoms with Crippen molar-refractivity contribution in [3.63, 3.8) is 0 Å². The van der Waals surface area contributed by atoms with Crippen LogP contribution in [0.3, 0.4) is 0 Å². The molecule has 4 heterocycles. The molecular formula is C22H27N3O7. The highest BCUT2D eigenvalue weighted by atomic mass is 16.5. The molecule has 2 aromatic rings. The zero-order valence-electron chi connectivity index (χ0n) is 17.8. The van der Waals surface area contributed by atoms with E-state index < -0.39 is 0 Å². The topological polar surface area (TPSA) is 114 Å². The van der Waals surface area contributed by atoms with Gasteiger partial charge in [-0.05, 0) is 25.0 Å². The molecule has 0 spiro atoms. The summed E-state index contributed by atoms with van der Waals surface area (Å²) in [5, 5.41) is 2.74. The Morgan fingerprint density at radius 2 is 2.03 bits per heavy atom. The fourth-order valence-electron chi connectivity index (χ4n) is 3.74. The van der Waals surface area contributed by atoms with Crippen molar-refractivity contribution in [3.8, 4) is 5.75 Å². The summed E-state index contributed by atoms with van der Waals surface area (Å²) in [5.74, 6) is 0.389. The van der Waals surface area contributed by atoms with Gasteiger partial charge in [0.25, 0.3) is 11.8 Å². The van der Waals surface area contributed by atoms with Crippen LogP contribution in [0, 0.1) is 0 Å². The van der Waals surface area contributed by atoms with Crippen molar-refractivity contribution in [1.82, 2.24) is 15.1 Å². The second-order valence-electron chi connectivity index (χ2n) is 7.85. The first-order valence-corrected chi connectivity index (χ1v) is 10.8. The van der Waals surface area contributed by atoms with Crippen molar-refractivity contribution in [3.05, 3.63) is 52.5 Å². The van der Waals surface area contributed by atoms with Crippen molar-refractivity contribution in [2.45, 2.75) is 25.5 Å². The quantitative estimate of drug-likeness (QED) is 0.637. The lowest BCUT2D eigenvalue weighted by Gasteiger charge is -2.33. The fourth-order valence-corrected chi connectivity index (χ4v) is 3.74. The van der Waals surface area contributed by atoms with Crippen LogP contribution in [0.1, 0.15) is 29.2 Å². The van der Waals surface area contributed by atoms with E-state index in [4.69, 9.17) is 18.3 Å². The van der Waals surface area contributed by atoms with Crippen LogP contribution in [0.4, 0.5) is 0 Å². The number of carbonyl (C=O) groups excluding carboxylic acids is 2. The zero-order chi connectivity index (χ0) is 22.3.